The normalized spacial score (nSPS) is 11.7. The summed E-state index contributed by atoms with van der Waals surface area (Å²) in [5.41, 5.74) is 3.62. The fraction of sp³-hybridized carbons (Fsp3) is 0.0789. The van der Waals surface area contributed by atoms with Crippen molar-refractivity contribution in [3.05, 3.63) is 159 Å². The molecule has 3 N–H and O–H groups in total. The summed E-state index contributed by atoms with van der Waals surface area (Å²) in [5, 5.41) is 8.99. The first-order valence-electron chi connectivity index (χ1n) is 14.8. The van der Waals surface area contributed by atoms with Crippen molar-refractivity contribution >= 4 is 70.1 Å². The zero-order chi connectivity index (χ0) is 34.0. The molecule has 0 heterocycles. The molecule has 5 aromatic carbocycles. The van der Waals surface area contributed by atoms with Gasteiger partial charge >= 0.3 is 0 Å². The number of carbonyl (C=O) groups excluding carboxylic acids is 3. The van der Waals surface area contributed by atoms with E-state index < -0.39 is 17.1 Å². The lowest BCUT2D eigenvalue weighted by molar-refractivity contribution is -0.116. The Bertz CT molecular complexity index is 1970. The standard InChI is InChI=1S/C38H31Cl2N3O4S/c1-24-19-32(34(47-2)23-31(24)40)42-38(46)35(26-12-5-3-6-13-26)48-30-18-10-17-29(22-30)41-37(45)33(21-25-11-9-16-28(39)20-25)43-36(44)27-14-7-4-8-15-27/h3-23,35H,1-2H3,(H,41,45)(H,42,46)(H,43,44)/b33-21-. The van der Waals surface area contributed by atoms with Crippen molar-refractivity contribution in [3.63, 3.8) is 0 Å². The van der Waals surface area contributed by atoms with Gasteiger partial charge in [0, 0.05) is 32.3 Å². The quantitative estimate of drug-likeness (QED) is 0.0946. The van der Waals surface area contributed by atoms with E-state index in [4.69, 9.17) is 27.9 Å². The molecule has 48 heavy (non-hydrogen) atoms. The van der Waals surface area contributed by atoms with Crippen molar-refractivity contribution in [2.24, 2.45) is 0 Å². The predicted molar refractivity (Wildman–Crippen MR) is 195 cm³/mol. The average Bonchev–Trinajstić information content (AvgIpc) is 3.09. The lowest BCUT2D eigenvalue weighted by Gasteiger charge is -2.19. The lowest BCUT2D eigenvalue weighted by Crippen LogP contribution is -2.30. The van der Waals surface area contributed by atoms with Crippen molar-refractivity contribution in [2.45, 2.75) is 17.1 Å². The maximum atomic E-state index is 13.8. The number of anilines is 2. The largest absolute Gasteiger partial charge is 0.495 e. The Kier molecular flexibility index (Phi) is 11.6. The van der Waals surface area contributed by atoms with E-state index in [0.717, 1.165) is 16.0 Å². The molecule has 0 bridgehead atoms. The fourth-order valence-electron chi connectivity index (χ4n) is 4.72. The Labute approximate surface area is 293 Å². The van der Waals surface area contributed by atoms with Crippen LogP contribution >= 0.6 is 35.0 Å². The number of hydrogen-bond donors (Lipinski definition) is 3. The number of rotatable bonds is 11. The van der Waals surface area contributed by atoms with Gasteiger partial charge < -0.3 is 20.7 Å². The molecule has 0 radical (unpaired) electrons. The molecule has 1 atom stereocenters. The molecule has 0 aliphatic heterocycles. The van der Waals surface area contributed by atoms with E-state index >= 15 is 0 Å². The number of methoxy groups -OCH3 is 1. The topological polar surface area (TPSA) is 96.5 Å². The molecular weight excluding hydrogens is 665 g/mol. The van der Waals surface area contributed by atoms with Gasteiger partial charge in [-0.15, -0.1) is 11.8 Å². The van der Waals surface area contributed by atoms with Gasteiger partial charge in [0.1, 0.15) is 16.7 Å². The number of hydrogen-bond acceptors (Lipinski definition) is 5. The van der Waals surface area contributed by atoms with Gasteiger partial charge in [-0.25, -0.2) is 0 Å². The van der Waals surface area contributed by atoms with E-state index in [1.165, 1.54) is 18.9 Å². The van der Waals surface area contributed by atoms with Crippen LogP contribution in [0.15, 0.2) is 132 Å². The number of nitrogens with one attached hydrogen (secondary N) is 3. The molecular formula is C38H31Cl2N3O4S. The summed E-state index contributed by atoms with van der Waals surface area (Å²) in [6, 6.07) is 35.5. The molecule has 10 heteroatoms. The van der Waals surface area contributed by atoms with E-state index in [1.807, 2.05) is 43.3 Å². The van der Waals surface area contributed by atoms with Gasteiger partial charge in [0.05, 0.1) is 12.8 Å². The van der Waals surface area contributed by atoms with E-state index in [9.17, 15) is 14.4 Å². The molecule has 242 valence electrons. The highest BCUT2D eigenvalue weighted by Gasteiger charge is 2.24. The van der Waals surface area contributed by atoms with Crippen LogP contribution in [0.4, 0.5) is 11.4 Å². The Morgan fingerprint density at radius 1 is 0.792 bits per heavy atom. The fourth-order valence-corrected chi connectivity index (χ4v) is 6.15. The first-order chi connectivity index (χ1) is 23.2. The van der Waals surface area contributed by atoms with Gasteiger partial charge in [-0.05, 0) is 78.2 Å². The number of carbonyl (C=O) groups is 3. The smallest absolute Gasteiger partial charge is 0.272 e. The second-order valence-corrected chi connectivity index (χ2v) is 12.6. The Balaban J connectivity index is 1.39. The number of thioether (sulfide) groups is 1. The summed E-state index contributed by atoms with van der Waals surface area (Å²) >= 11 is 13.8. The van der Waals surface area contributed by atoms with Crippen LogP contribution in [0.3, 0.4) is 0 Å². The summed E-state index contributed by atoms with van der Waals surface area (Å²) in [7, 11) is 1.52. The third-order valence-corrected chi connectivity index (χ3v) is 9.00. The van der Waals surface area contributed by atoms with Crippen LogP contribution in [-0.2, 0) is 9.59 Å². The van der Waals surface area contributed by atoms with Gasteiger partial charge in [-0.2, -0.15) is 0 Å². The Hall–Kier alpha value is -5.02. The van der Waals surface area contributed by atoms with Gasteiger partial charge in [0.25, 0.3) is 11.8 Å². The highest BCUT2D eigenvalue weighted by atomic mass is 35.5. The SMILES string of the molecule is COc1cc(Cl)c(C)cc1NC(=O)C(Sc1cccc(NC(=O)/C(=C/c2cccc(Cl)c2)NC(=O)c2ccccc2)c1)c1ccccc1. The minimum Gasteiger partial charge on any atom is -0.495 e. The van der Waals surface area contributed by atoms with E-state index in [2.05, 4.69) is 16.0 Å². The molecule has 0 saturated carbocycles. The Morgan fingerprint density at radius 3 is 2.21 bits per heavy atom. The van der Waals surface area contributed by atoms with Gasteiger partial charge in [-0.1, -0.05) is 89.9 Å². The second kappa shape index (κ2) is 16.2. The molecule has 5 rings (SSSR count). The second-order valence-electron chi connectivity index (χ2n) is 10.6. The highest BCUT2D eigenvalue weighted by Crippen LogP contribution is 2.39. The molecule has 1 unspecified atom stereocenters. The molecule has 0 fully saturated rings. The van der Waals surface area contributed by atoms with Crippen LogP contribution in [0, 0.1) is 6.92 Å². The van der Waals surface area contributed by atoms with E-state index in [0.29, 0.717) is 38.3 Å². The van der Waals surface area contributed by atoms with Crippen molar-refractivity contribution in [3.8, 4) is 5.75 Å². The number of benzene rings is 5. The third kappa shape index (κ3) is 9.07. The average molecular weight is 697 g/mol. The van der Waals surface area contributed by atoms with Crippen LogP contribution in [0.25, 0.3) is 6.08 Å². The number of aryl methyl sites for hydroxylation is 1. The number of amides is 3. The maximum absolute atomic E-state index is 13.8. The van der Waals surface area contributed by atoms with Crippen LogP contribution in [0.1, 0.15) is 32.3 Å². The molecule has 0 aliphatic rings. The van der Waals surface area contributed by atoms with Gasteiger partial charge in [0.15, 0.2) is 0 Å². The number of ether oxygens (including phenoxy) is 1. The first kappa shape index (κ1) is 34.3. The summed E-state index contributed by atoms with van der Waals surface area (Å²) in [6.45, 7) is 1.85. The minimum atomic E-state index is -0.652. The molecule has 0 spiro atoms. The van der Waals surface area contributed by atoms with E-state index in [1.54, 1.807) is 91.0 Å². The predicted octanol–water partition coefficient (Wildman–Crippen LogP) is 9.19. The zero-order valence-electron chi connectivity index (χ0n) is 26.0. The van der Waals surface area contributed by atoms with Gasteiger partial charge in [-0.3, -0.25) is 14.4 Å². The van der Waals surface area contributed by atoms with Crippen molar-refractivity contribution in [1.82, 2.24) is 5.32 Å². The van der Waals surface area contributed by atoms with Crippen LogP contribution in [0.2, 0.25) is 10.0 Å². The molecule has 0 aromatic heterocycles. The van der Waals surface area contributed by atoms with Crippen molar-refractivity contribution < 1.29 is 19.1 Å². The Morgan fingerprint density at radius 2 is 1.50 bits per heavy atom. The first-order valence-corrected chi connectivity index (χ1v) is 16.5. The summed E-state index contributed by atoms with van der Waals surface area (Å²) in [4.78, 5) is 41.2. The lowest BCUT2D eigenvalue weighted by atomic mass is 10.1. The number of halogens is 2. The van der Waals surface area contributed by atoms with Crippen LogP contribution in [0.5, 0.6) is 5.75 Å². The maximum Gasteiger partial charge on any atom is 0.272 e. The van der Waals surface area contributed by atoms with Crippen LogP contribution < -0.4 is 20.7 Å². The summed E-state index contributed by atoms with van der Waals surface area (Å²) in [5.74, 6) is -0.797. The van der Waals surface area contributed by atoms with Crippen molar-refractivity contribution in [2.75, 3.05) is 17.7 Å². The third-order valence-electron chi connectivity index (χ3n) is 7.11. The molecule has 5 aromatic rings. The summed E-state index contributed by atoms with van der Waals surface area (Å²) < 4.78 is 5.47. The molecule has 0 saturated heterocycles. The molecule has 0 aliphatic carbocycles. The highest BCUT2D eigenvalue weighted by molar-refractivity contribution is 8.00. The summed E-state index contributed by atoms with van der Waals surface area (Å²) in [6.07, 6.45) is 1.56. The molecule has 3 amide bonds. The molecule has 7 nitrogen and oxygen atoms in total. The van der Waals surface area contributed by atoms with E-state index in [-0.39, 0.29) is 11.6 Å². The minimum absolute atomic E-state index is 0.0259. The monoisotopic (exact) mass is 695 g/mol. The van der Waals surface area contributed by atoms with Gasteiger partial charge in [0.2, 0.25) is 5.91 Å². The zero-order valence-corrected chi connectivity index (χ0v) is 28.3. The van der Waals surface area contributed by atoms with Crippen molar-refractivity contribution in [1.29, 1.82) is 0 Å². The van der Waals surface area contributed by atoms with Crippen LogP contribution in [-0.4, -0.2) is 24.8 Å².